The summed E-state index contributed by atoms with van der Waals surface area (Å²) < 4.78 is 27.5. The molecule has 6 nitrogen and oxygen atoms in total. The molecule has 0 aliphatic carbocycles. The maximum Gasteiger partial charge on any atom is 0.282 e. The average Bonchev–Trinajstić information content (AvgIpc) is 3.49. The Bertz CT molecular complexity index is 1180. The Kier molecular flexibility index (Phi) is 5.90. The largest absolute Gasteiger partial charge is 0.334 e. The van der Waals surface area contributed by atoms with Gasteiger partial charge in [-0.25, -0.2) is 13.8 Å². The Morgan fingerprint density at radius 1 is 1.06 bits per heavy atom. The van der Waals surface area contributed by atoms with E-state index in [1.165, 1.54) is 23.5 Å². The molecule has 2 aromatic carbocycles. The van der Waals surface area contributed by atoms with Crippen molar-refractivity contribution in [3.8, 4) is 11.1 Å². The Morgan fingerprint density at radius 2 is 1.88 bits per heavy atom. The van der Waals surface area contributed by atoms with Crippen molar-refractivity contribution in [2.45, 2.75) is 12.5 Å². The Balaban J connectivity index is 1.25. The number of piperazine rings is 1. The minimum absolute atomic E-state index is 0.0121. The lowest BCUT2D eigenvalue weighted by Crippen LogP contribution is -2.52. The van der Waals surface area contributed by atoms with E-state index in [-0.39, 0.29) is 17.9 Å². The van der Waals surface area contributed by atoms with Crippen LogP contribution in [0.3, 0.4) is 0 Å². The first-order chi connectivity index (χ1) is 16.0. The van der Waals surface area contributed by atoms with Crippen LogP contribution in [-0.2, 0) is 4.79 Å². The molecule has 2 aliphatic rings. The van der Waals surface area contributed by atoms with Crippen LogP contribution in [0.2, 0.25) is 0 Å². The van der Waals surface area contributed by atoms with E-state index in [2.05, 4.69) is 9.88 Å². The monoisotopic (exact) mass is 468 g/mol. The van der Waals surface area contributed by atoms with Crippen molar-refractivity contribution in [1.82, 2.24) is 14.8 Å². The van der Waals surface area contributed by atoms with Gasteiger partial charge in [-0.15, -0.1) is 11.3 Å². The number of thiazole rings is 1. The predicted molar refractivity (Wildman–Crippen MR) is 122 cm³/mol. The lowest BCUT2D eigenvalue weighted by molar-refractivity contribution is -0.117. The van der Waals surface area contributed by atoms with E-state index >= 15 is 0 Å². The molecule has 2 saturated heterocycles. The molecule has 170 valence electrons. The standard InChI is InChI=1S/C24H22F2N4O2S/c25-17-4-5-20(21(26)13-17)16-2-1-3-18(12-16)30-15-19(14-22(30)31)28-7-9-29(10-8-28)24(32)23-27-6-11-33-23/h1-6,11-13,19H,7-10,14-15H2. The second-order valence-corrected chi connectivity index (χ2v) is 9.10. The molecule has 9 heteroatoms. The van der Waals surface area contributed by atoms with Crippen molar-refractivity contribution in [2.24, 2.45) is 0 Å². The number of carbonyl (C=O) groups excluding carboxylic acids is 2. The van der Waals surface area contributed by atoms with Crippen molar-refractivity contribution < 1.29 is 18.4 Å². The van der Waals surface area contributed by atoms with E-state index < -0.39 is 11.6 Å². The maximum atomic E-state index is 14.2. The first kappa shape index (κ1) is 21.7. The molecule has 2 amide bonds. The number of carbonyl (C=O) groups is 2. The molecule has 1 unspecified atom stereocenters. The predicted octanol–water partition coefficient (Wildman–Crippen LogP) is 3.65. The summed E-state index contributed by atoms with van der Waals surface area (Å²) in [5.74, 6) is -1.29. The Morgan fingerprint density at radius 3 is 2.61 bits per heavy atom. The summed E-state index contributed by atoms with van der Waals surface area (Å²) in [7, 11) is 0. The van der Waals surface area contributed by atoms with Gasteiger partial charge in [0.2, 0.25) is 5.91 Å². The molecule has 5 rings (SSSR count). The van der Waals surface area contributed by atoms with Crippen LogP contribution < -0.4 is 4.90 Å². The molecule has 3 heterocycles. The van der Waals surface area contributed by atoms with Crippen LogP contribution in [0.25, 0.3) is 11.1 Å². The van der Waals surface area contributed by atoms with Gasteiger partial charge in [0.25, 0.3) is 5.91 Å². The van der Waals surface area contributed by atoms with Crippen LogP contribution in [0.15, 0.2) is 54.0 Å². The molecule has 0 bridgehead atoms. The summed E-state index contributed by atoms with van der Waals surface area (Å²) in [5, 5.41) is 2.30. The number of amides is 2. The Hall–Kier alpha value is -3.17. The minimum Gasteiger partial charge on any atom is -0.334 e. The molecule has 0 saturated carbocycles. The second kappa shape index (κ2) is 8.99. The van der Waals surface area contributed by atoms with Crippen LogP contribution in [0, 0.1) is 11.6 Å². The lowest BCUT2D eigenvalue weighted by atomic mass is 10.0. The van der Waals surface area contributed by atoms with Crippen LogP contribution in [0.4, 0.5) is 14.5 Å². The highest BCUT2D eigenvalue weighted by Gasteiger charge is 2.36. The van der Waals surface area contributed by atoms with Gasteiger partial charge >= 0.3 is 0 Å². The molecule has 0 spiro atoms. The zero-order valence-corrected chi connectivity index (χ0v) is 18.6. The zero-order valence-electron chi connectivity index (χ0n) is 17.8. The quantitative estimate of drug-likeness (QED) is 0.587. The van der Waals surface area contributed by atoms with Crippen molar-refractivity contribution in [1.29, 1.82) is 0 Å². The third-order valence-electron chi connectivity index (χ3n) is 6.24. The van der Waals surface area contributed by atoms with Gasteiger partial charge in [-0.3, -0.25) is 14.5 Å². The fourth-order valence-corrected chi connectivity index (χ4v) is 5.10. The highest BCUT2D eigenvalue weighted by molar-refractivity contribution is 7.11. The van der Waals surface area contributed by atoms with E-state index in [0.717, 1.165) is 6.07 Å². The Labute approximate surface area is 194 Å². The number of anilines is 1. The molecule has 3 aromatic rings. The molecule has 0 radical (unpaired) electrons. The van der Waals surface area contributed by atoms with Gasteiger partial charge in [0, 0.05) is 74.1 Å². The third-order valence-corrected chi connectivity index (χ3v) is 7.00. The highest BCUT2D eigenvalue weighted by atomic mass is 32.1. The molecule has 2 aliphatic heterocycles. The second-order valence-electron chi connectivity index (χ2n) is 8.20. The maximum absolute atomic E-state index is 14.2. The van der Waals surface area contributed by atoms with E-state index in [1.54, 1.807) is 34.7 Å². The van der Waals surface area contributed by atoms with Gasteiger partial charge in [-0.1, -0.05) is 12.1 Å². The third kappa shape index (κ3) is 4.38. The molecule has 0 N–H and O–H groups in total. The molecular weight excluding hydrogens is 446 g/mol. The fourth-order valence-electron chi connectivity index (χ4n) is 4.50. The minimum atomic E-state index is -0.636. The number of nitrogens with zero attached hydrogens (tertiary/aromatic N) is 4. The van der Waals surface area contributed by atoms with Crippen LogP contribution in [0.1, 0.15) is 16.2 Å². The van der Waals surface area contributed by atoms with Crippen molar-refractivity contribution in [3.63, 3.8) is 0 Å². The number of benzene rings is 2. The van der Waals surface area contributed by atoms with Gasteiger partial charge in [-0.05, 0) is 29.8 Å². The normalized spacial score (nSPS) is 19.3. The summed E-state index contributed by atoms with van der Waals surface area (Å²) in [5.41, 5.74) is 1.58. The fraction of sp³-hybridized carbons (Fsp3) is 0.292. The highest BCUT2D eigenvalue weighted by Crippen LogP contribution is 2.30. The molecule has 1 aromatic heterocycles. The van der Waals surface area contributed by atoms with Crippen LogP contribution in [0.5, 0.6) is 0 Å². The van der Waals surface area contributed by atoms with Crippen molar-refractivity contribution in [3.05, 3.63) is 70.7 Å². The first-order valence-electron chi connectivity index (χ1n) is 10.8. The number of rotatable bonds is 4. The number of hydrogen-bond acceptors (Lipinski definition) is 5. The van der Waals surface area contributed by atoms with Crippen molar-refractivity contribution >= 4 is 28.8 Å². The van der Waals surface area contributed by atoms with Gasteiger partial charge in [-0.2, -0.15) is 0 Å². The molecule has 2 fully saturated rings. The SMILES string of the molecule is O=C(c1nccs1)N1CCN(C2CC(=O)N(c3cccc(-c4ccc(F)cc4F)c3)C2)CC1. The number of aromatic nitrogens is 1. The summed E-state index contributed by atoms with van der Waals surface area (Å²) in [6, 6.07) is 10.7. The van der Waals surface area contributed by atoms with Crippen molar-refractivity contribution in [2.75, 3.05) is 37.6 Å². The topological polar surface area (TPSA) is 56.8 Å². The molecular formula is C24H22F2N4O2S. The first-order valence-corrected chi connectivity index (χ1v) is 11.7. The molecule has 33 heavy (non-hydrogen) atoms. The summed E-state index contributed by atoms with van der Waals surface area (Å²) in [6.45, 7) is 3.13. The van der Waals surface area contributed by atoms with E-state index in [9.17, 15) is 18.4 Å². The van der Waals surface area contributed by atoms with Crippen LogP contribution in [-0.4, -0.2) is 65.4 Å². The average molecular weight is 469 g/mol. The van der Waals surface area contributed by atoms with Gasteiger partial charge in [0.15, 0.2) is 5.01 Å². The van der Waals surface area contributed by atoms with Gasteiger partial charge < -0.3 is 9.80 Å². The smallest absolute Gasteiger partial charge is 0.282 e. The van der Waals surface area contributed by atoms with E-state index in [4.69, 9.17) is 0 Å². The number of halogens is 2. The number of hydrogen-bond donors (Lipinski definition) is 0. The van der Waals surface area contributed by atoms with E-state index in [1.807, 2.05) is 11.0 Å². The zero-order chi connectivity index (χ0) is 22.9. The molecule has 1 atom stereocenters. The summed E-state index contributed by atoms with van der Waals surface area (Å²) in [6.07, 6.45) is 2.03. The van der Waals surface area contributed by atoms with E-state index in [0.29, 0.717) is 61.0 Å². The van der Waals surface area contributed by atoms with Crippen LogP contribution >= 0.6 is 11.3 Å². The van der Waals surface area contributed by atoms with Gasteiger partial charge in [0.1, 0.15) is 11.6 Å². The lowest BCUT2D eigenvalue weighted by Gasteiger charge is -2.37. The van der Waals surface area contributed by atoms with Gasteiger partial charge in [0.05, 0.1) is 0 Å². The summed E-state index contributed by atoms with van der Waals surface area (Å²) >= 11 is 1.34. The summed E-state index contributed by atoms with van der Waals surface area (Å²) in [4.78, 5) is 35.2.